The summed E-state index contributed by atoms with van der Waals surface area (Å²) in [6, 6.07) is 18.7. The molecular formula is C28H30N6O. The Hall–Kier alpha value is -3.84. The average Bonchev–Trinajstić information content (AvgIpc) is 3.39. The van der Waals surface area contributed by atoms with Crippen molar-refractivity contribution in [3.05, 3.63) is 89.5 Å². The third-order valence-corrected chi connectivity index (χ3v) is 6.62. The van der Waals surface area contributed by atoms with E-state index in [9.17, 15) is 4.79 Å². The Morgan fingerprint density at radius 2 is 2.06 bits per heavy atom. The van der Waals surface area contributed by atoms with Crippen LogP contribution in [0.2, 0.25) is 0 Å². The number of amides is 1. The van der Waals surface area contributed by atoms with Gasteiger partial charge in [0, 0.05) is 42.7 Å². The topological polar surface area (TPSA) is 82.5 Å². The van der Waals surface area contributed by atoms with Crippen LogP contribution in [0.1, 0.15) is 41.9 Å². The molecule has 7 nitrogen and oxygen atoms in total. The van der Waals surface area contributed by atoms with Gasteiger partial charge in [0.15, 0.2) is 0 Å². The van der Waals surface area contributed by atoms with Gasteiger partial charge < -0.3 is 10.2 Å². The molecule has 178 valence electrons. The number of hydrogen-bond acceptors (Lipinski definition) is 6. The first kappa shape index (κ1) is 22.9. The van der Waals surface area contributed by atoms with E-state index in [1.165, 1.54) is 5.56 Å². The first-order valence-electron chi connectivity index (χ1n) is 12.1. The number of aryl methyl sites for hydroxylation is 1. The number of aliphatic imine (C=N–C) groups is 1. The second-order valence-corrected chi connectivity index (χ2v) is 9.03. The van der Waals surface area contributed by atoms with Crippen LogP contribution in [0.15, 0.2) is 71.9 Å². The number of benzene rings is 1. The fourth-order valence-electron chi connectivity index (χ4n) is 4.80. The molecule has 0 bridgehead atoms. The number of likely N-dealkylation sites (tertiary alicyclic amines) is 1. The van der Waals surface area contributed by atoms with E-state index >= 15 is 0 Å². The van der Waals surface area contributed by atoms with Crippen molar-refractivity contribution >= 4 is 18.3 Å². The van der Waals surface area contributed by atoms with E-state index in [1.54, 1.807) is 0 Å². The van der Waals surface area contributed by atoms with Crippen molar-refractivity contribution in [3.8, 4) is 11.1 Å². The van der Waals surface area contributed by atoms with Gasteiger partial charge in [-0.1, -0.05) is 43.3 Å². The van der Waals surface area contributed by atoms with Gasteiger partial charge in [0.2, 0.25) is 12.2 Å². The van der Waals surface area contributed by atoms with Crippen molar-refractivity contribution in [2.45, 2.75) is 32.0 Å². The molecule has 0 radical (unpaired) electrons. The predicted molar refractivity (Wildman–Crippen MR) is 139 cm³/mol. The smallest absolute Gasteiger partial charge is 0.229 e. The lowest BCUT2D eigenvalue weighted by Crippen LogP contribution is -2.53. The summed E-state index contributed by atoms with van der Waals surface area (Å²) in [6.07, 6.45) is 7.61. The van der Waals surface area contributed by atoms with Gasteiger partial charge in [0.1, 0.15) is 5.69 Å². The zero-order valence-electron chi connectivity index (χ0n) is 20.1. The van der Waals surface area contributed by atoms with Crippen molar-refractivity contribution in [2.24, 2.45) is 4.99 Å². The molecule has 2 aromatic heterocycles. The summed E-state index contributed by atoms with van der Waals surface area (Å²) in [7, 11) is 0. The van der Waals surface area contributed by atoms with Gasteiger partial charge in [0.05, 0.1) is 11.4 Å². The number of rotatable bonds is 7. The zero-order chi connectivity index (χ0) is 24.3. The van der Waals surface area contributed by atoms with Crippen LogP contribution in [0, 0.1) is 6.92 Å². The minimum atomic E-state index is -0.837. The fraction of sp³-hybridized carbons (Fsp3) is 0.286. The second kappa shape index (κ2) is 9.80. The highest BCUT2D eigenvalue weighted by Crippen LogP contribution is 2.30. The van der Waals surface area contributed by atoms with E-state index in [-0.39, 0.29) is 0 Å². The molecule has 1 saturated heterocycles. The number of aromatic nitrogens is 2. The SMILES string of the molecule is CCNC1(c2cccc(C)n2)N=CC=C(c2ccc(-c3cccc(C4CCN(C=O)C4)c3)cn2)N1. The lowest BCUT2D eigenvalue weighted by molar-refractivity contribution is -0.117. The molecule has 1 aromatic carbocycles. The van der Waals surface area contributed by atoms with Gasteiger partial charge >= 0.3 is 0 Å². The van der Waals surface area contributed by atoms with Crippen molar-refractivity contribution < 1.29 is 4.79 Å². The lowest BCUT2D eigenvalue weighted by Gasteiger charge is -2.34. The summed E-state index contributed by atoms with van der Waals surface area (Å²) in [5, 5.41) is 6.99. The predicted octanol–water partition coefficient (Wildman–Crippen LogP) is 3.83. The quantitative estimate of drug-likeness (QED) is 0.517. The molecule has 7 heteroatoms. The molecule has 35 heavy (non-hydrogen) atoms. The number of allylic oxidation sites excluding steroid dienone is 1. The number of pyridine rings is 2. The Labute approximate surface area is 206 Å². The molecule has 1 amide bonds. The molecule has 5 rings (SSSR count). The third-order valence-electron chi connectivity index (χ3n) is 6.62. The Kier molecular flexibility index (Phi) is 6.42. The summed E-state index contributed by atoms with van der Waals surface area (Å²) < 4.78 is 0. The monoisotopic (exact) mass is 466 g/mol. The van der Waals surface area contributed by atoms with E-state index in [4.69, 9.17) is 15.0 Å². The number of carbonyl (C=O) groups excluding carboxylic acids is 1. The minimum Gasteiger partial charge on any atom is -0.345 e. The molecule has 2 aliphatic rings. The first-order valence-corrected chi connectivity index (χ1v) is 12.1. The Morgan fingerprint density at radius 1 is 1.17 bits per heavy atom. The van der Waals surface area contributed by atoms with Gasteiger partial charge in [-0.2, -0.15) is 0 Å². The van der Waals surface area contributed by atoms with Crippen LogP contribution in [0.4, 0.5) is 0 Å². The number of nitrogens with zero attached hydrogens (tertiary/aromatic N) is 4. The van der Waals surface area contributed by atoms with Crippen LogP contribution < -0.4 is 10.6 Å². The van der Waals surface area contributed by atoms with E-state index in [0.717, 1.165) is 66.4 Å². The summed E-state index contributed by atoms with van der Waals surface area (Å²) >= 11 is 0. The number of hydrogen-bond donors (Lipinski definition) is 2. The Morgan fingerprint density at radius 3 is 2.80 bits per heavy atom. The molecule has 1 fully saturated rings. The molecular weight excluding hydrogens is 436 g/mol. The fourth-order valence-corrected chi connectivity index (χ4v) is 4.80. The maximum Gasteiger partial charge on any atom is 0.229 e. The summed E-state index contributed by atoms with van der Waals surface area (Å²) in [5.74, 6) is -0.450. The van der Waals surface area contributed by atoms with Crippen LogP contribution >= 0.6 is 0 Å². The molecule has 4 heterocycles. The normalized spacial score (nSPS) is 21.5. The third kappa shape index (κ3) is 4.72. The van der Waals surface area contributed by atoms with Crippen molar-refractivity contribution in [1.82, 2.24) is 25.5 Å². The summed E-state index contributed by atoms with van der Waals surface area (Å²) in [6.45, 7) is 6.37. The molecule has 2 N–H and O–H groups in total. The molecule has 2 aliphatic heterocycles. The molecule has 3 aromatic rings. The van der Waals surface area contributed by atoms with Crippen molar-refractivity contribution in [2.75, 3.05) is 19.6 Å². The van der Waals surface area contributed by atoms with E-state index in [2.05, 4.69) is 47.9 Å². The van der Waals surface area contributed by atoms with Crippen LogP contribution in [0.5, 0.6) is 0 Å². The van der Waals surface area contributed by atoms with E-state index in [1.807, 2.05) is 54.6 Å². The van der Waals surface area contributed by atoms with Gasteiger partial charge in [-0.3, -0.25) is 20.1 Å². The number of carbonyl (C=O) groups is 1. The summed E-state index contributed by atoms with van der Waals surface area (Å²) in [5.41, 5.74) is 6.93. The largest absolute Gasteiger partial charge is 0.345 e. The van der Waals surface area contributed by atoms with Crippen LogP contribution in [0.25, 0.3) is 16.8 Å². The van der Waals surface area contributed by atoms with Crippen LogP contribution in [0.3, 0.4) is 0 Å². The van der Waals surface area contributed by atoms with Crippen molar-refractivity contribution in [3.63, 3.8) is 0 Å². The van der Waals surface area contributed by atoms with Gasteiger partial charge in [-0.15, -0.1) is 0 Å². The molecule has 2 unspecified atom stereocenters. The highest BCUT2D eigenvalue weighted by Gasteiger charge is 2.34. The Bertz CT molecular complexity index is 1270. The van der Waals surface area contributed by atoms with Gasteiger partial charge in [0.25, 0.3) is 0 Å². The maximum atomic E-state index is 11.1. The summed E-state index contributed by atoms with van der Waals surface area (Å²) in [4.78, 5) is 27.2. The molecule has 0 saturated carbocycles. The van der Waals surface area contributed by atoms with E-state index < -0.39 is 5.79 Å². The lowest BCUT2D eigenvalue weighted by atomic mass is 9.95. The highest BCUT2D eigenvalue weighted by atomic mass is 16.1. The maximum absolute atomic E-state index is 11.1. The van der Waals surface area contributed by atoms with Gasteiger partial charge in [-0.25, -0.2) is 4.99 Å². The zero-order valence-corrected chi connectivity index (χ0v) is 20.1. The number of nitrogens with one attached hydrogen (secondary N) is 2. The Balaban J connectivity index is 1.37. The van der Waals surface area contributed by atoms with Crippen LogP contribution in [-0.2, 0) is 10.6 Å². The highest BCUT2D eigenvalue weighted by molar-refractivity contribution is 5.85. The molecule has 2 atom stereocenters. The standard InChI is InChI=1S/C28H30N6O/c1-3-30-28(27-9-4-6-20(2)32-27)31-14-12-26(33-28)25-11-10-23(17-29-25)21-7-5-8-22(16-21)24-13-15-34(18-24)19-35/h4-12,14,16-17,19,24,30,33H,3,13,15,18H2,1-2H3. The minimum absolute atomic E-state index is 0.387. The molecule has 0 spiro atoms. The van der Waals surface area contributed by atoms with Gasteiger partial charge in [-0.05, 0) is 55.3 Å². The van der Waals surface area contributed by atoms with Crippen molar-refractivity contribution in [1.29, 1.82) is 0 Å². The molecule has 0 aliphatic carbocycles. The van der Waals surface area contributed by atoms with E-state index in [0.29, 0.717) is 5.92 Å². The first-order chi connectivity index (χ1) is 17.1. The average molecular weight is 467 g/mol. The second-order valence-electron chi connectivity index (χ2n) is 9.03. The van der Waals surface area contributed by atoms with Crippen LogP contribution in [-0.4, -0.2) is 47.1 Å².